The first-order valence-corrected chi connectivity index (χ1v) is 5.38. The highest BCUT2D eigenvalue weighted by atomic mass is 32.1. The van der Waals surface area contributed by atoms with Crippen LogP contribution in [-0.2, 0) is 14.3 Å². The molecule has 0 N–H and O–H groups in total. The largest absolute Gasteiger partial charge is 0.469 e. The fourth-order valence-corrected chi connectivity index (χ4v) is 2.23. The Kier molecular flexibility index (Phi) is 2.68. The first-order chi connectivity index (χ1) is 7.22. The molecular formula is C9H10N2O3S. The first-order valence-electron chi connectivity index (χ1n) is 4.50. The molecule has 1 amide bonds. The van der Waals surface area contributed by atoms with Crippen LogP contribution in [0, 0.1) is 5.92 Å². The molecule has 0 saturated carbocycles. The molecule has 1 aromatic heterocycles. The fraction of sp³-hybridized carbons (Fsp3) is 0.444. The average molecular weight is 226 g/mol. The van der Waals surface area contributed by atoms with E-state index in [4.69, 9.17) is 0 Å². The van der Waals surface area contributed by atoms with Gasteiger partial charge in [-0.25, -0.2) is 4.98 Å². The smallest absolute Gasteiger partial charge is 0.311 e. The molecule has 1 unspecified atom stereocenters. The van der Waals surface area contributed by atoms with Crippen LogP contribution in [0.4, 0.5) is 5.13 Å². The standard InChI is InChI=1S/C9H10N2O3S/c1-14-8(13)6-4-7(12)11(5-6)9-10-2-3-15-9/h2-3,6H,4-5H2,1H3. The van der Waals surface area contributed by atoms with Gasteiger partial charge < -0.3 is 4.74 Å². The number of carbonyl (C=O) groups is 2. The second-order valence-electron chi connectivity index (χ2n) is 3.24. The van der Waals surface area contributed by atoms with Gasteiger partial charge in [-0.05, 0) is 0 Å². The fourth-order valence-electron chi connectivity index (χ4n) is 1.57. The molecule has 2 heterocycles. The highest BCUT2D eigenvalue weighted by Crippen LogP contribution is 2.26. The maximum Gasteiger partial charge on any atom is 0.311 e. The highest BCUT2D eigenvalue weighted by Gasteiger charge is 2.36. The highest BCUT2D eigenvalue weighted by molar-refractivity contribution is 7.13. The Morgan fingerprint density at radius 1 is 1.73 bits per heavy atom. The minimum Gasteiger partial charge on any atom is -0.469 e. The molecule has 1 saturated heterocycles. The molecule has 1 fully saturated rings. The van der Waals surface area contributed by atoms with Crippen LogP contribution < -0.4 is 4.90 Å². The van der Waals surface area contributed by atoms with Crippen molar-refractivity contribution in [3.63, 3.8) is 0 Å². The number of anilines is 1. The van der Waals surface area contributed by atoms with Crippen LogP contribution in [0.2, 0.25) is 0 Å². The molecule has 1 aliphatic heterocycles. The van der Waals surface area contributed by atoms with Crippen molar-refractivity contribution in [1.29, 1.82) is 0 Å². The number of esters is 1. The van der Waals surface area contributed by atoms with Crippen LogP contribution in [0.25, 0.3) is 0 Å². The number of hydrogen-bond acceptors (Lipinski definition) is 5. The second-order valence-corrected chi connectivity index (χ2v) is 4.12. The van der Waals surface area contributed by atoms with Gasteiger partial charge in [0.2, 0.25) is 5.91 Å². The van der Waals surface area contributed by atoms with E-state index in [9.17, 15) is 9.59 Å². The van der Waals surface area contributed by atoms with E-state index in [1.165, 1.54) is 23.3 Å². The monoisotopic (exact) mass is 226 g/mol. The molecule has 0 spiro atoms. The Morgan fingerprint density at radius 2 is 2.53 bits per heavy atom. The molecule has 80 valence electrons. The Balaban J connectivity index is 2.11. The summed E-state index contributed by atoms with van der Waals surface area (Å²) in [5.41, 5.74) is 0. The number of carbonyl (C=O) groups excluding carboxylic acids is 2. The molecule has 0 aromatic carbocycles. The molecule has 1 aliphatic rings. The summed E-state index contributed by atoms with van der Waals surface area (Å²) in [7, 11) is 1.33. The maximum absolute atomic E-state index is 11.6. The Morgan fingerprint density at radius 3 is 3.13 bits per heavy atom. The van der Waals surface area contributed by atoms with Crippen molar-refractivity contribution < 1.29 is 14.3 Å². The van der Waals surface area contributed by atoms with E-state index >= 15 is 0 Å². The summed E-state index contributed by atoms with van der Waals surface area (Å²) in [5.74, 6) is -0.755. The van der Waals surface area contributed by atoms with Crippen molar-refractivity contribution >= 4 is 28.3 Å². The summed E-state index contributed by atoms with van der Waals surface area (Å²) in [6.45, 7) is 0.374. The second kappa shape index (κ2) is 3.98. The van der Waals surface area contributed by atoms with Crippen molar-refractivity contribution in [2.75, 3.05) is 18.6 Å². The summed E-state index contributed by atoms with van der Waals surface area (Å²) in [6, 6.07) is 0. The molecule has 2 rings (SSSR count). The minimum absolute atomic E-state index is 0.0691. The predicted molar refractivity (Wildman–Crippen MR) is 54.6 cm³/mol. The van der Waals surface area contributed by atoms with Gasteiger partial charge in [-0.3, -0.25) is 14.5 Å². The lowest BCUT2D eigenvalue weighted by atomic mass is 10.1. The van der Waals surface area contributed by atoms with E-state index in [-0.39, 0.29) is 24.2 Å². The first kappa shape index (κ1) is 10.1. The zero-order valence-electron chi connectivity index (χ0n) is 8.17. The van der Waals surface area contributed by atoms with E-state index in [1.807, 2.05) is 0 Å². The molecule has 5 nitrogen and oxygen atoms in total. The van der Waals surface area contributed by atoms with Gasteiger partial charge in [0.25, 0.3) is 0 Å². The quantitative estimate of drug-likeness (QED) is 0.695. The van der Waals surface area contributed by atoms with Gasteiger partial charge in [-0.15, -0.1) is 11.3 Å². The number of aromatic nitrogens is 1. The van der Waals surface area contributed by atoms with Gasteiger partial charge in [-0.2, -0.15) is 0 Å². The van der Waals surface area contributed by atoms with Crippen LogP contribution >= 0.6 is 11.3 Å². The van der Waals surface area contributed by atoms with Gasteiger partial charge in [-0.1, -0.05) is 0 Å². The van der Waals surface area contributed by atoms with Crippen LogP contribution in [0.15, 0.2) is 11.6 Å². The van der Waals surface area contributed by atoms with Gasteiger partial charge in [0.1, 0.15) is 0 Å². The number of amides is 1. The van der Waals surface area contributed by atoms with Crippen molar-refractivity contribution in [1.82, 2.24) is 4.98 Å². The van der Waals surface area contributed by atoms with Gasteiger partial charge in [0, 0.05) is 24.5 Å². The topological polar surface area (TPSA) is 59.5 Å². The number of hydrogen-bond donors (Lipinski definition) is 0. The number of methoxy groups -OCH3 is 1. The van der Waals surface area contributed by atoms with Gasteiger partial charge in [0.15, 0.2) is 5.13 Å². The Labute approximate surface area is 90.7 Å². The SMILES string of the molecule is COC(=O)C1CC(=O)N(c2nccs2)C1. The van der Waals surface area contributed by atoms with Gasteiger partial charge in [0.05, 0.1) is 13.0 Å². The summed E-state index contributed by atoms with van der Waals surface area (Å²) < 4.78 is 4.61. The summed E-state index contributed by atoms with van der Waals surface area (Å²) in [4.78, 5) is 28.4. The number of nitrogens with zero attached hydrogens (tertiary/aromatic N) is 2. The molecule has 1 aromatic rings. The lowest BCUT2D eigenvalue weighted by Gasteiger charge is -2.11. The predicted octanol–water partition coefficient (Wildman–Crippen LogP) is 0.669. The van der Waals surface area contributed by atoms with Gasteiger partial charge >= 0.3 is 5.97 Å². The Hall–Kier alpha value is -1.43. The molecule has 6 heteroatoms. The lowest BCUT2D eigenvalue weighted by molar-refractivity contribution is -0.145. The van der Waals surface area contributed by atoms with Crippen LogP contribution in [0.5, 0.6) is 0 Å². The minimum atomic E-state index is -0.355. The third-order valence-corrected chi connectivity index (χ3v) is 3.10. The zero-order chi connectivity index (χ0) is 10.8. The average Bonchev–Trinajstić information content (AvgIpc) is 2.84. The van der Waals surface area contributed by atoms with Crippen LogP contribution in [-0.4, -0.2) is 30.5 Å². The van der Waals surface area contributed by atoms with E-state index in [2.05, 4.69) is 9.72 Å². The molecular weight excluding hydrogens is 216 g/mol. The molecule has 0 aliphatic carbocycles. The van der Waals surface area contributed by atoms with Crippen molar-refractivity contribution in [2.45, 2.75) is 6.42 Å². The molecule has 15 heavy (non-hydrogen) atoms. The normalized spacial score (nSPS) is 20.7. The van der Waals surface area contributed by atoms with E-state index < -0.39 is 0 Å². The van der Waals surface area contributed by atoms with Crippen LogP contribution in [0.1, 0.15) is 6.42 Å². The van der Waals surface area contributed by atoms with E-state index in [0.29, 0.717) is 11.7 Å². The number of rotatable bonds is 2. The zero-order valence-corrected chi connectivity index (χ0v) is 8.99. The third-order valence-electron chi connectivity index (χ3n) is 2.31. The number of ether oxygens (including phenoxy) is 1. The van der Waals surface area contributed by atoms with Crippen molar-refractivity contribution in [3.8, 4) is 0 Å². The summed E-state index contributed by atoms with van der Waals surface area (Å²) >= 11 is 1.39. The lowest BCUT2D eigenvalue weighted by Crippen LogP contribution is -2.25. The van der Waals surface area contributed by atoms with E-state index in [0.717, 1.165) is 0 Å². The Bertz CT molecular complexity index is 377. The molecule has 0 radical (unpaired) electrons. The van der Waals surface area contributed by atoms with Crippen LogP contribution in [0.3, 0.4) is 0 Å². The van der Waals surface area contributed by atoms with E-state index in [1.54, 1.807) is 11.6 Å². The molecule has 0 bridgehead atoms. The number of thiazole rings is 1. The van der Waals surface area contributed by atoms with Crippen molar-refractivity contribution in [3.05, 3.63) is 11.6 Å². The third kappa shape index (κ3) is 1.85. The summed E-state index contributed by atoms with van der Waals surface area (Å²) in [6.07, 6.45) is 1.85. The van der Waals surface area contributed by atoms with Crippen molar-refractivity contribution in [2.24, 2.45) is 5.92 Å². The summed E-state index contributed by atoms with van der Waals surface area (Å²) in [5, 5.41) is 2.44. The maximum atomic E-state index is 11.6. The molecule has 1 atom stereocenters.